The van der Waals surface area contributed by atoms with Crippen LogP contribution in [0.2, 0.25) is 0 Å². The average Bonchev–Trinajstić information content (AvgIpc) is 3.28. The summed E-state index contributed by atoms with van der Waals surface area (Å²) in [6.45, 7) is 2.82. The average molecular weight is 368 g/mol. The Morgan fingerprint density at radius 2 is 2.08 bits per heavy atom. The summed E-state index contributed by atoms with van der Waals surface area (Å²) in [5.41, 5.74) is 1.16. The molecule has 0 amide bonds. The molecular formula is C16H16N8OS. The summed E-state index contributed by atoms with van der Waals surface area (Å²) in [5, 5.41) is 17.0. The van der Waals surface area contributed by atoms with Gasteiger partial charge in [-0.05, 0) is 29.0 Å². The Hall–Kier alpha value is -3.01. The number of hydrogen-bond acceptors (Lipinski definition) is 7. The number of thioether (sulfide) groups is 1. The maximum Gasteiger partial charge on any atom is 0.262 e. The lowest BCUT2D eigenvalue weighted by molar-refractivity contribution is 0.564. The lowest BCUT2D eigenvalue weighted by atomic mass is 10.3. The second-order valence-corrected chi connectivity index (χ2v) is 6.57. The molecular weight excluding hydrogens is 352 g/mol. The molecule has 26 heavy (non-hydrogen) atoms. The maximum absolute atomic E-state index is 12.4. The van der Waals surface area contributed by atoms with Gasteiger partial charge in [0.05, 0.1) is 17.6 Å². The van der Waals surface area contributed by atoms with Crippen molar-refractivity contribution >= 4 is 22.8 Å². The topological polar surface area (TPSA) is 107 Å². The highest BCUT2D eigenvalue weighted by molar-refractivity contribution is 7.98. The zero-order valence-corrected chi connectivity index (χ0v) is 14.8. The van der Waals surface area contributed by atoms with Gasteiger partial charge in [0, 0.05) is 6.54 Å². The number of H-pyrrole nitrogens is 1. The quantitative estimate of drug-likeness (QED) is 0.408. The first-order valence-electron chi connectivity index (χ1n) is 8.17. The number of aromatic nitrogens is 8. The number of aryl methyl sites for hydroxylation is 1. The van der Waals surface area contributed by atoms with Crippen LogP contribution in [0.15, 0.2) is 46.5 Å². The fourth-order valence-electron chi connectivity index (χ4n) is 2.57. The third kappa shape index (κ3) is 3.10. The Morgan fingerprint density at radius 1 is 1.23 bits per heavy atom. The highest BCUT2D eigenvalue weighted by Crippen LogP contribution is 2.20. The van der Waals surface area contributed by atoms with Crippen LogP contribution < -0.4 is 5.56 Å². The number of fused-ring (bicyclic) bond motifs is 1. The van der Waals surface area contributed by atoms with Crippen LogP contribution in [-0.4, -0.2) is 40.0 Å². The van der Waals surface area contributed by atoms with Crippen molar-refractivity contribution in [1.82, 2.24) is 40.0 Å². The SMILES string of the molecule is CCCn1nnnc1CSc1nc2c(cnn2-c2ccccc2)c(=O)[nH]1. The number of benzene rings is 1. The summed E-state index contributed by atoms with van der Waals surface area (Å²) in [5.74, 6) is 1.26. The molecule has 0 aliphatic heterocycles. The zero-order chi connectivity index (χ0) is 17.9. The van der Waals surface area contributed by atoms with Crippen LogP contribution in [0.1, 0.15) is 19.2 Å². The van der Waals surface area contributed by atoms with E-state index in [2.05, 4.69) is 37.5 Å². The maximum atomic E-state index is 12.4. The third-order valence-electron chi connectivity index (χ3n) is 3.80. The van der Waals surface area contributed by atoms with Crippen LogP contribution >= 0.6 is 11.8 Å². The van der Waals surface area contributed by atoms with Gasteiger partial charge in [0.25, 0.3) is 5.56 Å². The highest BCUT2D eigenvalue weighted by atomic mass is 32.2. The van der Waals surface area contributed by atoms with Crippen molar-refractivity contribution in [2.75, 3.05) is 0 Å². The third-order valence-corrected chi connectivity index (χ3v) is 4.67. The number of rotatable bonds is 6. The molecule has 132 valence electrons. The molecule has 0 aliphatic carbocycles. The molecule has 3 aromatic heterocycles. The first-order valence-corrected chi connectivity index (χ1v) is 9.16. The normalized spacial score (nSPS) is 11.3. The van der Waals surface area contributed by atoms with Crippen LogP contribution in [0.25, 0.3) is 16.7 Å². The Balaban J connectivity index is 1.66. The number of aromatic amines is 1. The van der Waals surface area contributed by atoms with Crippen LogP contribution in [0.5, 0.6) is 0 Å². The second-order valence-electron chi connectivity index (χ2n) is 5.61. The number of nitrogens with zero attached hydrogens (tertiary/aromatic N) is 7. The predicted octanol–water partition coefficient (Wildman–Crippen LogP) is 1.80. The highest BCUT2D eigenvalue weighted by Gasteiger charge is 2.13. The van der Waals surface area contributed by atoms with Crippen molar-refractivity contribution in [3.05, 3.63) is 52.7 Å². The lowest BCUT2D eigenvalue weighted by Crippen LogP contribution is -2.10. The molecule has 9 nitrogen and oxygen atoms in total. The molecule has 0 fully saturated rings. The summed E-state index contributed by atoms with van der Waals surface area (Å²) in [4.78, 5) is 19.7. The first kappa shape index (κ1) is 16.5. The zero-order valence-electron chi connectivity index (χ0n) is 14.0. The molecule has 4 aromatic rings. The molecule has 10 heteroatoms. The first-order chi connectivity index (χ1) is 12.8. The van der Waals surface area contributed by atoms with E-state index < -0.39 is 0 Å². The number of para-hydroxylation sites is 1. The van der Waals surface area contributed by atoms with Crippen molar-refractivity contribution in [3.8, 4) is 5.69 Å². The fraction of sp³-hybridized carbons (Fsp3) is 0.250. The predicted molar refractivity (Wildman–Crippen MR) is 97.2 cm³/mol. The van der Waals surface area contributed by atoms with Crippen LogP contribution in [-0.2, 0) is 12.3 Å². The Labute approximate surface area is 152 Å². The summed E-state index contributed by atoms with van der Waals surface area (Å²) < 4.78 is 3.42. The summed E-state index contributed by atoms with van der Waals surface area (Å²) in [6, 6.07) is 9.59. The number of hydrogen-bond donors (Lipinski definition) is 1. The molecule has 1 N–H and O–H groups in total. The largest absolute Gasteiger partial charge is 0.301 e. The lowest BCUT2D eigenvalue weighted by Gasteiger charge is -2.05. The Kier molecular flexibility index (Phi) is 4.48. The van der Waals surface area contributed by atoms with Crippen molar-refractivity contribution < 1.29 is 0 Å². The van der Waals surface area contributed by atoms with E-state index in [1.807, 2.05) is 30.3 Å². The fourth-order valence-corrected chi connectivity index (χ4v) is 3.36. The van der Waals surface area contributed by atoms with E-state index in [0.717, 1.165) is 24.5 Å². The van der Waals surface area contributed by atoms with Gasteiger partial charge in [-0.1, -0.05) is 36.9 Å². The number of tetrazole rings is 1. The van der Waals surface area contributed by atoms with Crippen LogP contribution in [0, 0.1) is 0 Å². The molecule has 0 saturated heterocycles. The van der Waals surface area contributed by atoms with Gasteiger partial charge in [-0.25, -0.2) is 14.3 Å². The second kappa shape index (κ2) is 7.08. The van der Waals surface area contributed by atoms with Gasteiger partial charge in [0.2, 0.25) is 0 Å². The van der Waals surface area contributed by atoms with Gasteiger partial charge < -0.3 is 4.98 Å². The molecule has 0 saturated carbocycles. The van der Waals surface area contributed by atoms with Gasteiger partial charge in [-0.15, -0.1) is 5.10 Å². The van der Waals surface area contributed by atoms with Crippen LogP contribution in [0.4, 0.5) is 0 Å². The van der Waals surface area contributed by atoms with E-state index >= 15 is 0 Å². The van der Waals surface area contributed by atoms with Crippen molar-refractivity contribution in [1.29, 1.82) is 0 Å². The molecule has 0 bridgehead atoms. The van der Waals surface area contributed by atoms with E-state index in [4.69, 9.17) is 0 Å². The monoisotopic (exact) mass is 368 g/mol. The Bertz CT molecular complexity index is 1080. The van der Waals surface area contributed by atoms with E-state index in [1.165, 1.54) is 18.0 Å². The number of nitrogens with one attached hydrogen (secondary N) is 1. The van der Waals surface area contributed by atoms with E-state index in [-0.39, 0.29) is 5.56 Å². The standard InChI is InChI=1S/C16H16N8OS/c1-2-8-23-13(20-21-22-23)10-26-16-18-14-12(15(25)19-16)9-17-24(14)11-6-4-3-5-7-11/h3-7,9H,2,8,10H2,1H3,(H,18,19,25). The van der Waals surface area contributed by atoms with Gasteiger partial charge >= 0.3 is 0 Å². The van der Waals surface area contributed by atoms with Gasteiger partial charge in [-0.2, -0.15) is 5.10 Å². The smallest absolute Gasteiger partial charge is 0.262 e. The van der Waals surface area contributed by atoms with E-state index in [9.17, 15) is 4.79 Å². The van der Waals surface area contributed by atoms with Gasteiger partial charge in [-0.3, -0.25) is 4.79 Å². The van der Waals surface area contributed by atoms with E-state index in [1.54, 1.807) is 9.36 Å². The molecule has 0 spiro atoms. The summed E-state index contributed by atoms with van der Waals surface area (Å²) >= 11 is 1.38. The van der Waals surface area contributed by atoms with Crippen LogP contribution in [0.3, 0.4) is 0 Å². The van der Waals surface area contributed by atoms with E-state index in [0.29, 0.717) is 21.9 Å². The molecule has 4 rings (SSSR count). The van der Waals surface area contributed by atoms with Gasteiger partial charge in [0.15, 0.2) is 16.6 Å². The molecule has 0 radical (unpaired) electrons. The van der Waals surface area contributed by atoms with Gasteiger partial charge in [0.1, 0.15) is 5.39 Å². The molecule has 0 aliphatic rings. The molecule has 1 aromatic carbocycles. The molecule has 3 heterocycles. The molecule has 0 atom stereocenters. The van der Waals surface area contributed by atoms with Crippen molar-refractivity contribution in [3.63, 3.8) is 0 Å². The summed E-state index contributed by atoms with van der Waals surface area (Å²) in [7, 11) is 0. The summed E-state index contributed by atoms with van der Waals surface area (Å²) in [6.07, 6.45) is 2.48. The minimum absolute atomic E-state index is 0.215. The van der Waals surface area contributed by atoms with Crippen molar-refractivity contribution in [2.24, 2.45) is 0 Å². The minimum atomic E-state index is -0.215. The minimum Gasteiger partial charge on any atom is -0.301 e. The van der Waals surface area contributed by atoms with Crippen molar-refractivity contribution in [2.45, 2.75) is 30.8 Å². The molecule has 0 unspecified atom stereocenters. The Morgan fingerprint density at radius 3 is 2.88 bits per heavy atom.